The standard InChI is InChI=1S/C10H12N4S3/c1-6(11)7-3-4-12-8(5-7)16-10-14-13-9(15-2)17-10/h3-6H,11H2,1-2H3/t6-/m0/s1. The second-order valence-corrected chi connectivity index (χ2v) is 6.65. The van der Waals surface area contributed by atoms with Gasteiger partial charge in [-0.25, -0.2) is 4.98 Å². The number of thioether (sulfide) groups is 1. The summed E-state index contributed by atoms with van der Waals surface area (Å²) in [7, 11) is 0. The summed E-state index contributed by atoms with van der Waals surface area (Å²) in [5.74, 6) is 0. The molecule has 0 unspecified atom stereocenters. The molecule has 1 atom stereocenters. The van der Waals surface area contributed by atoms with Crippen molar-refractivity contribution in [2.75, 3.05) is 6.26 Å². The topological polar surface area (TPSA) is 64.7 Å². The molecule has 2 aromatic rings. The lowest BCUT2D eigenvalue weighted by molar-refractivity contribution is 0.808. The van der Waals surface area contributed by atoms with E-state index >= 15 is 0 Å². The quantitative estimate of drug-likeness (QED) is 0.871. The van der Waals surface area contributed by atoms with Crippen LogP contribution in [0, 0.1) is 0 Å². The molecule has 0 fully saturated rings. The van der Waals surface area contributed by atoms with E-state index in [1.807, 2.05) is 25.3 Å². The first-order chi connectivity index (χ1) is 8.19. The molecule has 7 heteroatoms. The van der Waals surface area contributed by atoms with Gasteiger partial charge in [-0.05, 0) is 42.6 Å². The normalized spacial score (nSPS) is 12.6. The van der Waals surface area contributed by atoms with Crippen LogP contribution in [0.1, 0.15) is 18.5 Å². The molecule has 0 saturated heterocycles. The van der Waals surface area contributed by atoms with Crippen molar-refractivity contribution in [2.45, 2.75) is 26.7 Å². The van der Waals surface area contributed by atoms with Crippen LogP contribution in [0.4, 0.5) is 0 Å². The molecular weight excluding hydrogens is 272 g/mol. The highest BCUT2D eigenvalue weighted by Gasteiger charge is 2.07. The zero-order valence-corrected chi connectivity index (χ0v) is 11.9. The predicted octanol–water partition coefficient (Wildman–Crippen LogP) is 2.83. The Morgan fingerprint density at radius 2 is 2.12 bits per heavy atom. The third-order valence-corrected chi connectivity index (χ3v) is 4.92. The summed E-state index contributed by atoms with van der Waals surface area (Å²) in [6.07, 6.45) is 3.77. The third-order valence-electron chi connectivity index (χ3n) is 2.04. The Hall–Kier alpha value is -0.630. The molecule has 2 rings (SSSR count). The van der Waals surface area contributed by atoms with E-state index in [2.05, 4.69) is 15.2 Å². The van der Waals surface area contributed by atoms with E-state index in [4.69, 9.17) is 5.73 Å². The molecule has 2 heterocycles. The van der Waals surface area contributed by atoms with Crippen LogP contribution in [0.2, 0.25) is 0 Å². The second-order valence-electron chi connectivity index (χ2n) is 3.36. The molecular formula is C10H12N4S3. The Labute approximate surface area is 112 Å². The zero-order valence-electron chi connectivity index (χ0n) is 9.45. The van der Waals surface area contributed by atoms with Crippen LogP contribution >= 0.6 is 34.9 Å². The van der Waals surface area contributed by atoms with E-state index in [9.17, 15) is 0 Å². The predicted molar refractivity (Wildman–Crippen MR) is 72.7 cm³/mol. The van der Waals surface area contributed by atoms with Crippen molar-refractivity contribution in [3.8, 4) is 0 Å². The summed E-state index contributed by atoms with van der Waals surface area (Å²) in [6, 6.07) is 3.95. The largest absolute Gasteiger partial charge is 0.324 e. The van der Waals surface area contributed by atoms with Crippen molar-refractivity contribution >= 4 is 34.9 Å². The SMILES string of the molecule is CSc1nnc(Sc2cc([C@H](C)N)ccn2)s1. The summed E-state index contributed by atoms with van der Waals surface area (Å²) < 4.78 is 1.87. The molecule has 17 heavy (non-hydrogen) atoms. The van der Waals surface area contributed by atoms with Crippen LogP contribution < -0.4 is 5.73 Å². The Balaban J connectivity index is 2.15. The first-order valence-corrected chi connectivity index (χ1v) is 7.81. The zero-order chi connectivity index (χ0) is 12.3. The average Bonchev–Trinajstić information content (AvgIpc) is 2.77. The highest BCUT2D eigenvalue weighted by atomic mass is 32.2. The van der Waals surface area contributed by atoms with Gasteiger partial charge in [0.25, 0.3) is 0 Å². The van der Waals surface area contributed by atoms with Gasteiger partial charge in [-0.3, -0.25) is 0 Å². The van der Waals surface area contributed by atoms with Gasteiger partial charge >= 0.3 is 0 Å². The molecule has 90 valence electrons. The smallest absolute Gasteiger partial charge is 0.181 e. The first-order valence-electron chi connectivity index (χ1n) is 4.96. The van der Waals surface area contributed by atoms with E-state index in [0.29, 0.717) is 0 Å². The highest BCUT2D eigenvalue weighted by molar-refractivity contribution is 8.02. The lowest BCUT2D eigenvalue weighted by Gasteiger charge is -2.05. The van der Waals surface area contributed by atoms with Gasteiger partial charge in [0.15, 0.2) is 8.68 Å². The Kier molecular flexibility index (Phi) is 4.38. The van der Waals surface area contributed by atoms with Crippen LogP contribution in [-0.2, 0) is 0 Å². The minimum atomic E-state index is 0.0218. The molecule has 0 aliphatic carbocycles. The first kappa shape index (κ1) is 12.8. The molecule has 0 aliphatic heterocycles. The summed E-state index contributed by atoms with van der Waals surface area (Å²) in [6.45, 7) is 1.96. The minimum Gasteiger partial charge on any atom is -0.324 e. The fourth-order valence-electron chi connectivity index (χ4n) is 1.17. The Bertz CT molecular complexity index is 498. The molecule has 0 aliphatic rings. The van der Waals surface area contributed by atoms with Crippen LogP contribution in [0.3, 0.4) is 0 Å². The molecule has 2 N–H and O–H groups in total. The number of nitrogens with zero attached hydrogens (tertiary/aromatic N) is 3. The van der Waals surface area contributed by atoms with Crippen molar-refractivity contribution in [2.24, 2.45) is 5.73 Å². The van der Waals surface area contributed by atoms with Crippen LogP contribution in [0.15, 0.2) is 32.0 Å². The minimum absolute atomic E-state index is 0.0218. The number of pyridine rings is 1. The summed E-state index contributed by atoms with van der Waals surface area (Å²) >= 11 is 4.69. The fourth-order valence-corrected chi connectivity index (χ4v) is 3.57. The summed E-state index contributed by atoms with van der Waals surface area (Å²) in [5.41, 5.74) is 6.92. The maximum Gasteiger partial charge on any atom is 0.181 e. The van der Waals surface area contributed by atoms with E-state index in [1.54, 1.807) is 29.3 Å². The van der Waals surface area contributed by atoms with Crippen molar-refractivity contribution < 1.29 is 0 Å². The monoisotopic (exact) mass is 284 g/mol. The number of hydrogen-bond acceptors (Lipinski definition) is 7. The van der Waals surface area contributed by atoms with E-state index < -0.39 is 0 Å². The van der Waals surface area contributed by atoms with Crippen molar-refractivity contribution in [1.82, 2.24) is 15.2 Å². The van der Waals surface area contributed by atoms with Crippen molar-refractivity contribution in [1.29, 1.82) is 0 Å². The maximum absolute atomic E-state index is 5.84. The van der Waals surface area contributed by atoms with Gasteiger partial charge in [0, 0.05) is 12.2 Å². The molecule has 0 spiro atoms. The van der Waals surface area contributed by atoms with Gasteiger partial charge in [-0.1, -0.05) is 23.1 Å². The van der Waals surface area contributed by atoms with Crippen molar-refractivity contribution in [3.63, 3.8) is 0 Å². The number of hydrogen-bond donors (Lipinski definition) is 1. The molecule has 4 nitrogen and oxygen atoms in total. The van der Waals surface area contributed by atoms with E-state index in [-0.39, 0.29) is 6.04 Å². The Morgan fingerprint density at radius 1 is 1.35 bits per heavy atom. The molecule has 2 aromatic heterocycles. The van der Waals surface area contributed by atoms with Gasteiger partial charge in [0.2, 0.25) is 0 Å². The highest BCUT2D eigenvalue weighted by Crippen LogP contribution is 2.32. The Morgan fingerprint density at radius 3 is 2.76 bits per heavy atom. The van der Waals surface area contributed by atoms with E-state index in [1.165, 1.54) is 11.8 Å². The van der Waals surface area contributed by atoms with Gasteiger partial charge in [-0.15, -0.1) is 10.2 Å². The van der Waals surface area contributed by atoms with Crippen LogP contribution in [0.5, 0.6) is 0 Å². The fraction of sp³-hybridized carbons (Fsp3) is 0.300. The van der Waals surface area contributed by atoms with Gasteiger partial charge in [0.05, 0.1) is 0 Å². The van der Waals surface area contributed by atoms with E-state index in [0.717, 1.165) is 19.3 Å². The molecule has 0 amide bonds. The number of nitrogens with two attached hydrogens (primary N) is 1. The lowest BCUT2D eigenvalue weighted by atomic mass is 10.1. The van der Waals surface area contributed by atoms with Crippen molar-refractivity contribution in [3.05, 3.63) is 23.9 Å². The van der Waals surface area contributed by atoms with Gasteiger partial charge in [0.1, 0.15) is 5.03 Å². The number of aromatic nitrogens is 3. The average molecular weight is 284 g/mol. The van der Waals surface area contributed by atoms with Crippen LogP contribution in [0.25, 0.3) is 0 Å². The number of rotatable bonds is 4. The summed E-state index contributed by atoms with van der Waals surface area (Å²) in [4.78, 5) is 4.29. The van der Waals surface area contributed by atoms with Gasteiger partial charge < -0.3 is 5.73 Å². The van der Waals surface area contributed by atoms with Crippen LogP contribution in [-0.4, -0.2) is 21.4 Å². The maximum atomic E-state index is 5.84. The lowest BCUT2D eigenvalue weighted by Crippen LogP contribution is -2.04. The molecule has 0 aromatic carbocycles. The molecule has 0 saturated carbocycles. The van der Waals surface area contributed by atoms with Gasteiger partial charge in [-0.2, -0.15) is 0 Å². The summed E-state index contributed by atoms with van der Waals surface area (Å²) in [5, 5.41) is 9.05. The molecule has 0 radical (unpaired) electrons. The second kappa shape index (κ2) is 5.81. The molecule has 0 bridgehead atoms. The third kappa shape index (κ3) is 3.41.